The Kier molecular flexibility index (Phi) is 5.38. The molecule has 1 aromatic rings. The largest absolute Gasteiger partial charge is 0.316 e. The molecule has 1 aliphatic heterocycles. The van der Waals surface area contributed by atoms with E-state index >= 15 is 0 Å². The normalized spacial score (nSPS) is 14.6. The first-order valence-corrected chi connectivity index (χ1v) is 5.67. The molecule has 0 N–H and O–H groups in total. The summed E-state index contributed by atoms with van der Waals surface area (Å²) in [6.45, 7) is 0.439. The van der Waals surface area contributed by atoms with Gasteiger partial charge >= 0.3 is 6.55 Å². The van der Waals surface area contributed by atoms with Gasteiger partial charge < -0.3 is 0 Å². The molecule has 1 aromatic carbocycles. The van der Waals surface area contributed by atoms with Crippen molar-refractivity contribution in [3.05, 3.63) is 35.9 Å². The quantitative estimate of drug-likeness (QED) is 0.725. The van der Waals surface area contributed by atoms with Crippen LogP contribution in [0.2, 0.25) is 0 Å². The van der Waals surface area contributed by atoms with Gasteiger partial charge in [-0.25, -0.2) is 0 Å². The van der Waals surface area contributed by atoms with Crippen LogP contribution in [0.1, 0.15) is 5.56 Å². The first kappa shape index (κ1) is 13.1. The van der Waals surface area contributed by atoms with Crippen LogP contribution in [-0.2, 0) is 0 Å². The molecule has 2 rings (SSSR count). The van der Waals surface area contributed by atoms with Crippen molar-refractivity contribution in [1.82, 2.24) is 4.90 Å². The van der Waals surface area contributed by atoms with Crippen molar-refractivity contribution in [3.63, 3.8) is 0 Å². The highest BCUT2D eigenvalue weighted by Crippen LogP contribution is 2.12. The zero-order valence-corrected chi connectivity index (χ0v) is 10.5. The Balaban J connectivity index is 0.000000165. The summed E-state index contributed by atoms with van der Waals surface area (Å²) < 4.78 is 23.9. The molecule has 5 heteroatoms. The summed E-state index contributed by atoms with van der Waals surface area (Å²) in [6.07, 6.45) is 0. The summed E-state index contributed by atoms with van der Waals surface area (Å²) in [5, 5.41) is 0. The van der Waals surface area contributed by atoms with E-state index in [1.54, 1.807) is 0 Å². The van der Waals surface area contributed by atoms with E-state index in [1.165, 1.54) is 5.56 Å². The fourth-order valence-electron chi connectivity index (χ4n) is 1.15. The smallest absolute Gasteiger partial charge is 0.293 e. The maximum atomic E-state index is 11.8. The van der Waals surface area contributed by atoms with Crippen molar-refractivity contribution >= 4 is 20.7 Å². The molecule has 0 aromatic heterocycles. The second kappa shape index (κ2) is 6.58. The summed E-state index contributed by atoms with van der Waals surface area (Å²) in [4.78, 5) is 4.62. The van der Waals surface area contributed by atoms with Gasteiger partial charge in [-0.1, -0.05) is 35.9 Å². The third kappa shape index (κ3) is 4.26. The monoisotopic (exact) mass is 290 g/mol. The number of aryl methyl sites for hydroxylation is 1. The topological polar surface area (TPSA) is 15.6 Å². The first-order valence-electron chi connectivity index (χ1n) is 4.87. The first-order chi connectivity index (χ1) is 7.61. The highest BCUT2D eigenvalue weighted by Gasteiger charge is 2.21. The van der Waals surface area contributed by atoms with Crippen LogP contribution in [0, 0.1) is 6.92 Å². The van der Waals surface area contributed by atoms with Gasteiger partial charge in [-0.3, -0.25) is 9.89 Å². The number of alkyl halides is 2. The lowest BCUT2D eigenvalue weighted by atomic mass is 10.2. The molecule has 2 nitrogen and oxygen atoms in total. The SMILES string of the molecule is Cc1ccccc1.FC(F)N1CCN=C1Br. The number of amidine groups is 1. The number of benzene rings is 1. The Bertz CT molecular complexity index is 341. The summed E-state index contributed by atoms with van der Waals surface area (Å²) in [7, 11) is 0. The van der Waals surface area contributed by atoms with Gasteiger partial charge in [0.2, 0.25) is 0 Å². The Morgan fingerprint density at radius 1 is 1.31 bits per heavy atom. The zero-order valence-electron chi connectivity index (χ0n) is 8.91. The molecule has 0 aliphatic carbocycles. The molecule has 16 heavy (non-hydrogen) atoms. The predicted molar refractivity (Wildman–Crippen MR) is 65.1 cm³/mol. The molecule has 0 saturated heterocycles. The predicted octanol–water partition coefficient (Wildman–Crippen LogP) is 3.27. The van der Waals surface area contributed by atoms with Crippen LogP contribution < -0.4 is 0 Å². The molecule has 0 amide bonds. The van der Waals surface area contributed by atoms with Crippen molar-refractivity contribution in [2.24, 2.45) is 4.99 Å². The summed E-state index contributed by atoms with van der Waals surface area (Å²) in [5.74, 6) is 0. The van der Waals surface area contributed by atoms with Gasteiger partial charge in [-0.2, -0.15) is 8.78 Å². The minimum absolute atomic E-state index is 0.262. The number of hydrogen-bond acceptors (Lipinski definition) is 2. The van der Waals surface area contributed by atoms with E-state index < -0.39 is 6.55 Å². The van der Waals surface area contributed by atoms with Crippen LogP contribution in [0.3, 0.4) is 0 Å². The van der Waals surface area contributed by atoms with E-state index in [-0.39, 0.29) is 4.74 Å². The number of aliphatic imine (C=N–C) groups is 1. The Morgan fingerprint density at radius 3 is 2.19 bits per heavy atom. The highest BCUT2D eigenvalue weighted by molar-refractivity contribution is 9.18. The van der Waals surface area contributed by atoms with Crippen molar-refractivity contribution in [2.75, 3.05) is 13.1 Å². The fraction of sp³-hybridized carbons (Fsp3) is 0.364. The molecule has 0 bridgehead atoms. The van der Waals surface area contributed by atoms with E-state index in [4.69, 9.17) is 0 Å². The van der Waals surface area contributed by atoms with Crippen LogP contribution in [0.4, 0.5) is 8.78 Å². The fourth-order valence-corrected chi connectivity index (χ4v) is 1.65. The van der Waals surface area contributed by atoms with Gasteiger partial charge in [0.05, 0.1) is 6.54 Å². The average Bonchev–Trinajstić information content (AvgIpc) is 2.66. The van der Waals surface area contributed by atoms with E-state index in [0.29, 0.717) is 13.1 Å². The molecule has 0 fully saturated rings. The molecule has 0 radical (unpaired) electrons. The van der Waals surface area contributed by atoms with E-state index in [0.717, 1.165) is 4.90 Å². The van der Waals surface area contributed by atoms with E-state index in [2.05, 4.69) is 40.0 Å². The maximum absolute atomic E-state index is 11.8. The van der Waals surface area contributed by atoms with Crippen molar-refractivity contribution < 1.29 is 8.78 Å². The van der Waals surface area contributed by atoms with Gasteiger partial charge in [0.15, 0.2) is 4.74 Å². The molecule has 1 aliphatic rings. The van der Waals surface area contributed by atoms with Crippen molar-refractivity contribution in [3.8, 4) is 0 Å². The van der Waals surface area contributed by atoms with Crippen LogP contribution in [-0.4, -0.2) is 29.3 Å². The zero-order chi connectivity index (χ0) is 12.0. The summed E-state index contributed by atoms with van der Waals surface area (Å²) >= 11 is 2.90. The summed E-state index contributed by atoms with van der Waals surface area (Å²) in [6, 6.07) is 10.3. The third-order valence-electron chi connectivity index (χ3n) is 2.00. The number of halogens is 3. The van der Waals surface area contributed by atoms with E-state index in [9.17, 15) is 8.78 Å². The second-order valence-corrected chi connectivity index (χ2v) is 3.99. The number of rotatable bonds is 1. The molecule has 88 valence electrons. The molecule has 0 unspecified atom stereocenters. The van der Waals surface area contributed by atoms with Crippen molar-refractivity contribution in [1.29, 1.82) is 0 Å². The lowest BCUT2D eigenvalue weighted by Gasteiger charge is -2.13. The highest BCUT2D eigenvalue weighted by atomic mass is 79.9. The summed E-state index contributed by atoms with van der Waals surface area (Å²) in [5.41, 5.74) is 1.32. The standard InChI is InChI=1S/C7H8.C4H5BrF2N2/c1-7-5-3-2-4-6-7;5-3-8-1-2-9(3)4(6)7/h2-6H,1H3;4H,1-2H2. The molecule has 0 saturated carbocycles. The Morgan fingerprint density at radius 2 is 1.94 bits per heavy atom. The number of hydrogen-bond donors (Lipinski definition) is 0. The molecule has 1 heterocycles. The van der Waals surface area contributed by atoms with E-state index in [1.807, 2.05) is 18.2 Å². The van der Waals surface area contributed by atoms with Gasteiger partial charge in [0.1, 0.15) is 0 Å². The van der Waals surface area contributed by atoms with Crippen LogP contribution >= 0.6 is 15.9 Å². The van der Waals surface area contributed by atoms with Gasteiger partial charge in [-0.15, -0.1) is 0 Å². The van der Waals surface area contributed by atoms with Gasteiger partial charge in [-0.05, 0) is 22.9 Å². The molecular formula is C11H13BrF2N2. The molecule has 0 atom stereocenters. The number of nitrogens with zero attached hydrogens (tertiary/aromatic N) is 2. The van der Waals surface area contributed by atoms with Crippen molar-refractivity contribution in [2.45, 2.75) is 13.5 Å². The maximum Gasteiger partial charge on any atom is 0.316 e. The van der Waals surface area contributed by atoms with Crippen LogP contribution in [0.25, 0.3) is 0 Å². The minimum Gasteiger partial charge on any atom is -0.293 e. The Hall–Kier alpha value is -0.970. The minimum atomic E-state index is -2.43. The third-order valence-corrected chi connectivity index (χ3v) is 2.70. The lowest BCUT2D eigenvalue weighted by Crippen LogP contribution is -2.29. The second-order valence-electron chi connectivity index (χ2n) is 3.28. The van der Waals surface area contributed by atoms with Crippen LogP contribution in [0.15, 0.2) is 35.3 Å². The Labute approximate surface area is 102 Å². The molecule has 0 spiro atoms. The lowest BCUT2D eigenvalue weighted by molar-refractivity contribution is 0.0305. The molecular weight excluding hydrogens is 278 g/mol. The average molecular weight is 291 g/mol. The van der Waals surface area contributed by atoms with Gasteiger partial charge in [0.25, 0.3) is 0 Å². The van der Waals surface area contributed by atoms with Gasteiger partial charge in [0, 0.05) is 6.54 Å². The van der Waals surface area contributed by atoms with Crippen LogP contribution in [0.5, 0.6) is 0 Å².